The third kappa shape index (κ3) is 2.95. The van der Waals surface area contributed by atoms with E-state index < -0.39 is 23.4 Å². The largest absolute Gasteiger partial charge is 0.361 e. The summed E-state index contributed by atoms with van der Waals surface area (Å²) in [5.74, 6) is -2.41. The van der Waals surface area contributed by atoms with Gasteiger partial charge in [0.1, 0.15) is 5.54 Å². The van der Waals surface area contributed by atoms with E-state index in [2.05, 4.69) is 15.6 Å². The first-order valence-corrected chi connectivity index (χ1v) is 12.6. The molecular weight excluding hydrogens is 464 g/mol. The van der Waals surface area contributed by atoms with E-state index in [9.17, 15) is 14.4 Å². The molecule has 3 aromatic carbocycles. The molecule has 2 saturated heterocycles. The summed E-state index contributed by atoms with van der Waals surface area (Å²) in [5.41, 5.74) is 4.66. The Morgan fingerprint density at radius 2 is 1.70 bits per heavy atom. The molecule has 4 atom stereocenters. The SMILES string of the molecule is Cc1cccc(N2C(=O)[C@H]3[C@@H](C2=O)[C@@]2(N[C@@H]3Cc3c[nH]c4ccccc34)C(=O)Nc3ccc(C)cc32)c1. The van der Waals surface area contributed by atoms with Crippen LogP contribution in [0.15, 0.2) is 72.9 Å². The Morgan fingerprint density at radius 1 is 0.892 bits per heavy atom. The van der Waals surface area contributed by atoms with Crippen molar-refractivity contribution in [3.8, 4) is 0 Å². The highest BCUT2D eigenvalue weighted by Gasteiger charge is 2.70. The van der Waals surface area contributed by atoms with Gasteiger partial charge in [0.2, 0.25) is 17.7 Å². The fraction of sp³-hybridized carbons (Fsp3) is 0.233. The van der Waals surface area contributed by atoms with Crippen LogP contribution < -0.4 is 15.5 Å². The molecule has 184 valence electrons. The summed E-state index contributed by atoms with van der Waals surface area (Å²) >= 11 is 0. The number of nitrogens with zero attached hydrogens (tertiary/aromatic N) is 1. The Morgan fingerprint density at radius 3 is 2.54 bits per heavy atom. The molecule has 0 radical (unpaired) electrons. The summed E-state index contributed by atoms with van der Waals surface area (Å²) in [6.45, 7) is 3.90. The molecule has 0 saturated carbocycles. The van der Waals surface area contributed by atoms with Gasteiger partial charge in [0.25, 0.3) is 0 Å². The van der Waals surface area contributed by atoms with E-state index in [1.165, 1.54) is 4.90 Å². The average Bonchev–Trinajstić information content (AvgIpc) is 3.58. The van der Waals surface area contributed by atoms with Crippen LogP contribution in [0.2, 0.25) is 0 Å². The van der Waals surface area contributed by atoms with Gasteiger partial charge >= 0.3 is 0 Å². The number of carbonyl (C=O) groups excluding carboxylic acids is 3. The number of imide groups is 1. The number of fused-ring (bicyclic) bond motifs is 5. The Bertz CT molecular complexity index is 1640. The highest BCUT2D eigenvalue weighted by Crippen LogP contribution is 2.54. The third-order valence-corrected chi connectivity index (χ3v) is 8.25. The summed E-state index contributed by atoms with van der Waals surface area (Å²) in [6.07, 6.45) is 2.46. The molecule has 7 heteroatoms. The number of H-pyrrole nitrogens is 1. The van der Waals surface area contributed by atoms with Crippen molar-refractivity contribution in [3.63, 3.8) is 0 Å². The quantitative estimate of drug-likeness (QED) is 0.379. The number of benzene rings is 3. The topological polar surface area (TPSA) is 94.3 Å². The Labute approximate surface area is 213 Å². The van der Waals surface area contributed by atoms with Crippen molar-refractivity contribution in [1.82, 2.24) is 10.3 Å². The number of aryl methyl sites for hydroxylation is 2. The van der Waals surface area contributed by atoms with Crippen molar-refractivity contribution < 1.29 is 14.4 Å². The van der Waals surface area contributed by atoms with E-state index in [4.69, 9.17) is 0 Å². The van der Waals surface area contributed by atoms with E-state index in [0.717, 1.165) is 33.2 Å². The van der Waals surface area contributed by atoms with E-state index >= 15 is 0 Å². The maximum Gasteiger partial charge on any atom is 0.250 e. The summed E-state index contributed by atoms with van der Waals surface area (Å²) in [6, 6.07) is 20.8. The fourth-order valence-electron chi connectivity index (χ4n) is 6.65. The number of hydrogen-bond acceptors (Lipinski definition) is 4. The second kappa shape index (κ2) is 7.63. The first-order valence-electron chi connectivity index (χ1n) is 12.6. The van der Waals surface area contributed by atoms with Gasteiger partial charge in [0.05, 0.1) is 17.5 Å². The molecule has 0 aliphatic carbocycles. The van der Waals surface area contributed by atoms with Crippen molar-refractivity contribution in [3.05, 3.63) is 95.2 Å². The number of aromatic nitrogens is 1. The highest BCUT2D eigenvalue weighted by molar-refractivity contribution is 6.25. The molecule has 1 aromatic heterocycles. The standard InChI is InChI=1S/C30H26N4O3/c1-16-6-5-7-19(12-16)34-27(35)25-24(14-18-15-31-22-9-4-3-8-20(18)22)33-30(26(25)28(34)36)21-13-17(2)10-11-23(21)32-29(30)37/h3-13,15,24-26,31,33H,14H2,1-2H3,(H,32,37)/t24-,25-,26+,30-/m1/s1. The van der Waals surface area contributed by atoms with Gasteiger partial charge in [-0.1, -0.05) is 48.0 Å². The van der Waals surface area contributed by atoms with Gasteiger partial charge in [0, 0.05) is 34.4 Å². The second-order valence-electron chi connectivity index (χ2n) is 10.5. The normalized spacial score (nSPS) is 26.3. The Hall–Kier alpha value is -4.23. The van der Waals surface area contributed by atoms with E-state index in [0.29, 0.717) is 17.8 Å². The molecule has 3 aliphatic rings. The molecule has 3 amide bonds. The average molecular weight is 491 g/mol. The van der Waals surface area contributed by atoms with Crippen LogP contribution in [0.1, 0.15) is 22.3 Å². The van der Waals surface area contributed by atoms with Gasteiger partial charge in [-0.15, -0.1) is 0 Å². The maximum atomic E-state index is 14.1. The number of nitrogens with one attached hydrogen (secondary N) is 3. The highest BCUT2D eigenvalue weighted by atomic mass is 16.2. The van der Waals surface area contributed by atoms with Crippen molar-refractivity contribution in [2.75, 3.05) is 10.2 Å². The van der Waals surface area contributed by atoms with Crippen LogP contribution in [0.4, 0.5) is 11.4 Å². The molecule has 2 fully saturated rings. The molecule has 7 nitrogen and oxygen atoms in total. The van der Waals surface area contributed by atoms with Crippen LogP contribution in [0.5, 0.6) is 0 Å². The Kier molecular flexibility index (Phi) is 4.54. The first kappa shape index (κ1) is 22.0. The van der Waals surface area contributed by atoms with Gasteiger partial charge in [-0.25, -0.2) is 4.90 Å². The van der Waals surface area contributed by atoms with Crippen LogP contribution in [0.25, 0.3) is 10.9 Å². The number of amides is 3. The van der Waals surface area contributed by atoms with Crippen LogP contribution in [-0.4, -0.2) is 28.7 Å². The molecule has 3 aliphatic heterocycles. The van der Waals surface area contributed by atoms with Gasteiger partial charge in [-0.05, 0) is 55.7 Å². The van der Waals surface area contributed by atoms with Crippen molar-refractivity contribution in [2.45, 2.75) is 31.8 Å². The summed E-state index contributed by atoms with van der Waals surface area (Å²) in [4.78, 5) is 46.6. The summed E-state index contributed by atoms with van der Waals surface area (Å²) < 4.78 is 0. The lowest BCUT2D eigenvalue weighted by Crippen LogP contribution is -2.53. The van der Waals surface area contributed by atoms with Crippen LogP contribution in [0, 0.1) is 25.7 Å². The number of aromatic amines is 1. The maximum absolute atomic E-state index is 14.1. The zero-order valence-electron chi connectivity index (χ0n) is 20.5. The van der Waals surface area contributed by atoms with Crippen LogP contribution in [-0.2, 0) is 26.3 Å². The van der Waals surface area contributed by atoms with Crippen molar-refractivity contribution in [2.24, 2.45) is 11.8 Å². The minimum absolute atomic E-state index is 0.260. The zero-order chi connectivity index (χ0) is 25.5. The second-order valence-corrected chi connectivity index (χ2v) is 10.5. The molecular formula is C30H26N4O3. The van der Waals surface area contributed by atoms with Crippen LogP contribution in [0.3, 0.4) is 0 Å². The third-order valence-electron chi connectivity index (χ3n) is 8.25. The van der Waals surface area contributed by atoms with Crippen molar-refractivity contribution >= 4 is 40.0 Å². The van der Waals surface area contributed by atoms with Gasteiger partial charge in [-0.3, -0.25) is 19.7 Å². The predicted molar refractivity (Wildman–Crippen MR) is 141 cm³/mol. The van der Waals surface area contributed by atoms with E-state index in [-0.39, 0.29) is 17.7 Å². The van der Waals surface area contributed by atoms with Gasteiger partial charge in [-0.2, -0.15) is 0 Å². The predicted octanol–water partition coefficient (Wildman–Crippen LogP) is 3.95. The minimum atomic E-state index is -1.31. The van der Waals surface area contributed by atoms with Crippen LogP contribution >= 0.6 is 0 Å². The minimum Gasteiger partial charge on any atom is -0.361 e. The number of para-hydroxylation sites is 1. The van der Waals surface area contributed by atoms with Gasteiger partial charge < -0.3 is 10.3 Å². The molecule has 0 unspecified atom stereocenters. The van der Waals surface area contributed by atoms with Crippen molar-refractivity contribution in [1.29, 1.82) is 0 Å². The molecule has 3 N–H and O–H groups in total. The molecule has 37 heavy (non-hydrogen) atoms. The number of anilines is 2. The lowest BCUT2D eigenvalue weighted by molar-refractivity contribution is -0.130. The smallest absolute Gasteiger partial charge is 0.250 e. The molecule has 1 spiro atoms. The lowest BCUT2D eigenvalue weighted by Gasteiger charge is -2.29. The monoisotopic (exact) mass is 490 g/mol. The Balaban J connectivity index is 1.39. The number of carbonyl (C=O) groups is 3. The van der Waals surface area contributed by atoms with E-state index in [1.54, 1.807) is 6.07 Å². The van der Waals surface area contributed by atoms with Gasteiger partial charge in [0.15, 0.2) is 0 Å². The number of rotatable bonds is 3. The fourth-order valence-corrected chi connectivity index (χ4v) is 6.65. The lowest BCUT2D eigenvalue weighted by atomic mass is 9.76. The molecule has 4 aromatic rings. The summed E-state index contributed by atoms with van der Waals surface area (Å²) in [5, 5.41) is 7.61. The zero-order valence-corrected chi connectivity index (χ0v) is 20.5. The van der Waals surface area contributed by atoms with E-state index in [1.807, 2.05) is 80.7 Å². The molecule has 7 rings (SSSR count). The number of hydrogen-bond donors (Lipinski definition) is 3. The molecule has 0 bridgehead atoms. The summed E-state index contributed by atoms with van der Waals surface area (Å²) in [7, 11) is 0. The first-order chi connectivity index (χ1) is 17.9. The molecule has 4 heterocycles.